The standard InChI is InChI=1S/C18H30N2O2/c1-3-4-5-6-8-15(2)20-13-7-14-22-18(21)16-9-11-17(19)12-10-16/h9-12,15,20H,3-8,13-14,19H2,1-2H3. The van der Waals surface area contributed by atoms with Gasteiger partial charge < -0.3 is 15.8 Å². The smallest absolute Gasteiger partial charge is 0.338 e. The molecule has 1 aromatic rings. The molecule has 1 rings (SSSR count). The molecule has 1 aromatic carbocycles. The number of ether oxygens (including phenoxy) is 1. The van der Waals surface area contributed by atoms with E-state index in [0.717, 1.165) is 13.0 Å². The maximum absolute atomic E-state index is 11.8. The fraction of sp³-hybridized carbons (Fsp3) is 0.611. The maximum Gasteiger partial charge on any atom is 0.338 e. The number of nitrogen functional groups attached to an aromatic ring is 1. The van der Waals surface area contributed by atoms with E-state index >= 15 is 0 Å². The molecule has 0 aliphatic heterocycles. The van der Waals surface area contributed by atoms with E-state index < -0.39 is 0 Å². The van der Waals surface area contributed by atoms with Crippen molar-refractivity contribution in [1.82, 2.24) is 5.32 Å². The molecule has 0 saturated heterocycles. The first-order valence-corrected chi connectivity index (χ1v) is 8.39. The number of rotatable bonds is 11. The molecular formula is C18H30N2O2. The third-order valence-electron chi connectivity index (χ3n) is 3.68. The monoisotopic (exact) mass is 306 g/mol. The Morgan fingerprint density at radius 2 is 1.91 bits per heavy atom. The third kappa shape index (κ3) is 8.03. The van der Waals surface area contributed by atoms with Crippen molar-refractivity contribution < 1.29 is 9.53 Å². The van der Waals surface area contributed by atoms with Gasteiger partial charge in [-0.1, -0.05) is 32.6 Å². The molecule has 0 amide bonds. The van der Waals surface area contributed by atoms with Crippen molar-refractivity contribution in [2.45, 2.75) is 58.4 Å². The van der Waals surface area contributed by atoms with Crippen LogP contribution in [0.2, 0.25) is 0 Å². The summed E-state index contributed by atoms with van der Waals surface area (Å²) in [7, 11) is 0. The number of anilines is 1. The van der Waals surface area contributed by atoms with Crippen LogP contribution in [0.1, 0.15) is 62.7 Å². The normalized spacial score (nSPS) is 12.1. The fourth-order valence-corrected chi connectivity index (χ4v) is 2.27. The van der Waals surface area contributed by atoms with E-state index in [-0.39, 0.29) is 5.97 Å². The van der Waals surface area contributed by atoms with Crippen LogP contribution in [0.3, 0.4) is 0 Å². The van der Waals surface area contributed by atoms with Crippen LogP contribution in [0.15, 0.2) is 24.3 Å². The van der Waals surface area contributed by atoms with Crippen molar-refractivity contribution in [1.29, 1.82) is 0 Å². The Morgan fingerprint density at radius 3 is 2.59 bits per heavy atom. The van der Waals surface area contributed by atoms with Gasteiger partial charge in [0, 0.05) is 11.7 Å². The van der Waals surface area contributed by atoms with E-state index in [4.69, 9.17) is 10.5 Å². The molecule has 124 valence electrons. The topological polar surface area (TPSA) is 64.3 Å². The lowest BCUT2D eigenvalue weighted by molar-refractivity contribution is 0.0500. The van der Waals surface area contributed by atoms with Gasteiger partial charge in [0.25, 0.3) is 0 Å². The molecular weight excluding hydrogens is 276 g/mol. The first kappa shape index (κ1) is 18.5. The summed E-state index contributed by atoms with van der Waals surface area (Å²) in [5, 5.41) is 3.47. The van der Waals surface area contributed by atoms with E-state index in [1.54, 1.807) is 24.3 Å². The van der Waals surface area contributed by atoms with Crippen LogP contribution >= 0.6 is 0 Å². The van der Waals surface area contributed by atoms with E-state index in [1.165, 1.54) is 32.1 Å². The zero-order valence-electron chi connectivity index (χ0n) is 13.9. The highest BCUT2D eigenvalue weighted by atomic mass is 16.5. The third-order valence-corrected chi connectivity index (χ3v) is 3.68. The molecule has 0 aliphatic rings. The average molecular weight is 306 g/mol. The van der Waals surface area contributed by atoms with Gasteiger partial charge in [-0.3, -0.25) is 0 Å². The number of nitrogens with one attached hydrogen (secondary N) is 1. The van der Waals surface area contributed by atoms with Crippen LogP contribution in [-0.4, -0.2) is 25.2 Å². The molecule has 1 atom stereocenters. The molecule has 0 aliphatic carbocycles. The molecule has 0 bridgehead atoms. The largest absolute Gasteiger partial charge is 0.462 e. The number of carbonyl (C=O) groups is 1. The number of esters is 1. The minimum Gasteiger partial charge on any atom is -0.462 e. The Morgan fingerprint density at radius 1 is 1.18 bits per heavy atom. The quantitative estimate of drug-likeness (QED) is 0.371. The van der Waals surface area contributed by atoms with Crippen molar-refractivity contribution in [3.05, 3.63) is 29.8 Å². The minimum atomic E-state index is -0.285. The molecule has 0 spiro atoms. The summed E-state index contributed by atoms with van der Waals surface area (Å²) in [5.74, 6) is -0.285. The van der Waals surface area contributed by atoms with Crippen molar-refractivity contribution in [3.8, 4) is 0 Å². The van der Waals surface area contributed by atoms with Crippen molar-refractivity contribution in [2.75, 3.05) is 18.9 Å². The summed E-state index contributed by atoms with van der Waals surface area (Å²) in [6, 6.07) is 7.32. The zero-order chi connectivity index (χ0) is 16.2. The van der Waals surface area contributed by atoms with Gasteiger partial charge in [0.15, 0.2) is 0 Å². The second-order valence-electron chi connectivity index (χ2n) is 5.82. The van der Waals surface area contributed by atoms with Gasteiger partial charge >= 0.3 is 5.97 Å². The number of hydrogen-bond acceptors (Lipinski definition) is 4. The maximum atomic E-state index is 11.8. The lowest BCUT2D eigenvalue weighted by Gasteiger charge is -2.13. The summed E-state index contributed by atoms with van der Waals surface area (Å²) in [6.45, 7) is 5.77. The highest BCUT2D eigenvalue weighted by molar-refractivity contribution is 5.89. The molecule has 22 heavy (non-hydrogen) atoms. The van der Waals surface area contributed by atoms with Crippen molar-refractivity contribution in [2.24, 2.45) is 0 Å². The van der Waals surface area contributed by atoms with Crippen LogP contribution in [0.25, 0.3) is 0 Å². The minimum absolute atomic E-state index is 0.285. The molecule has 0 aromatic heterocycles. The van der Waals surface area contributed by atoms with E-state index in [9.17, 15) is 4.79 Å². The Hall–Kier alpha value is -1.55. The molecule has 0 fully saturated rings. The Kier molecular flexibility index (Phi) is 9.31. The second-order valence-corrected chi connectivity index (χ2v) is 5.82. The summed E-state index contributed by atoms with van der Waals surface area (Å²) >= 11 is 0. The number of benzene rings is 1. The summed E-state index contributed by atoms with van der Waals surface area (Å²) in [5.41, 5.74) is 6.78. The molecule has 0 heterocycles. The zero-order valence-corrected chi connectivity index (χ0v) is 13.9. The van der Waals surface area contributed by atoms with Crippen LogP contribution in [0.4, 0.5) is 5.69 Å². The number of nitrogens with two attached hydrogens (primary N) is 1. The van der Waals surface area contributed by atoms with Crippen LogP contribution in [0, 0.1) is 0 Å². The number of unbranched alkanes of at least 4 members (excludes halogenated alkanes) is 3. The Balaban J connectivity index is 2.05. The molecule has 4 heteroatoms. The molecule has 4 nitrogen and oxygen atoms in total. The van der Waals surface area contributed by atoms with Gasteiger partial charge in [0.2, 0.25) is 0 Å². The fourth-order valence-electron chi connectivity index (χ4n) is 2.27. The summed E-state index contributed by atoms with van der Waals surface area (Å²) in [6.07, 6.45) is 7.26. The Labute approximate surface area is 134 Å². The average Bonchev–Trinajstić information content (AvgIpc) is 2.51. The Bertz CT molecular complexity index is 418. The van der Waals surface area contributed by atoms with Gasteiger partial charge in [0.05, 0.1) is 12.2 Å². The lowest BCUT2D eigenvalue weighted by atomic mass is 10.1. The summed E-state index contributed by atoms with van der Waals surface area (Å²) < 4.78 is 5.24. The van der Waals surface area contributed by atoms with E-state index in [1.807, 2.05) is 0 Å². The van der Waals surface area contributed by atoms with E-state index in [2.05, 4.69) is 19.2 Å². The van der Waals surface area contributed by atoms with Crippen LogP contribution in [-0.2, 0) is 4.74 Å². The van der Waals surface area contributed by atoms with Crippen LogP contribution < -0.4 is 11.1 Å². The van der Waals surface area contributed by atoms with Gasteiger partial charge in [0.1, 0.15) is 0 Å². The van der Waals surface area contributed by atoms with Gasteiger partial charge in [-0.25, -0.2) is 4.79 Å². The molecule has 0 radical (unpaired) electrons. The molecule has 1 unspecified atom stereocenters. The SMILES string of the molecule is CCCCCCC(C)NCCCOC(=O)c1ccc(N)cc1. The first-order valence-electron chi connectivity index (χ1n) is 8.39. The number of carbonyl (C=O) groups excluding carboxylic acids is 1. The first-order chi connectivity index (χ1) is 10.6. The second kappa shape index (κ2) is 11.1. The lowest BCUT2D eigenvalue weighted by Crippen LogP contribution is -2.27. The van der Waals surface area contributed by atoms with Gasteiger partial charge in [-0.15, -0.1) is 0 Å². The van der Waals surface area contributed by atoms with E-state index in [0.29, 0.717) is 23.9 Å². The molecule has 0 saturated carbocycles. The molecule has 3 N–H and O–H groups in total. The predicted octanol–water partition coefficient (Wildman–Crippen LogP) is 3.76. The predicted molar refractivity (Wildman–Crippen MR) is 92.0 cm³/mol. The van der Waals surface area contributed by atoms with Gasteiger partial charge in [-0.05, 0) is 50.6 Å². The van der Waals surface area contributed by atoms with Crippen molar-refractivity contribution >= 4 is 11.7 Å². The van der Waals surface area contributed by atoms with Crippen LogP contribution in [0.5, 0.6) is 0 Å². The highest BCUT2D eigenvalue weighted by Gasteiger charge is 2.06. The highest BCUT2D eigenvalue weighted by Crippen LogP contribution is 2.07. The summed E-state index contributed by atoms with van der Waals surface area (Å²) in [4.78, 5) is 11.8. The van der Waals surface area contributed by atoms with Gasteiger partial charge in [-0.2, -0.15) is 0 Å². The number of hydrogen-bond donors (Lipinski definition) is 2. The van der Waals surface area contributed by atoms with Crippen molar-refractivity contribution in [3.63, 3.8) is 0 Å².